The first-order chi connectivity index (χ1) is 15.3. The van der Waals surface area contributed by atoms with E-state index in [9.17, 15) is 22.8 Å². The molecular formula is C22H26N2O8S. The van der Waals surface area contributed by atoms with Crippen LogP contribution in [-0.4, -0.2) is 52.6 Å². The van der Waals surface area contributed by atoms with Crippen LogP contribution in [-0.2, 0) is 24.3 Å². The van der Waals surface area contributed by atoms with E-state index >= 15 is 0 Å². The summed E-state index contributed by atoms with van der Waals surface area (Å²) in [5.74, 6) is -1.68. The average molecular weight is 479 g/mol. The van der Waals surface area contributed by atoms with Crippen molar-refractivity contribution in [3.8, 4) is 5.75 Å². The molecule has 0 spiro atoms. The Labute approximate surface area is 192 Å². The minimum Gasteiger partial charge on any atom is -0.484 e. The van der Waals surface area contributed by atoms with Crippen LogP contribution < -0.4 is 14.8 Å². The molecule has 0 fully saturated rings. The number of ether oxygens (including phenoxy) is 3. The molecule has 0 unspecified atom stereocenters. The lowest BCUT2D eigenvalue weighted by molar-refractivity contribution is -0.118. The molecule has 0 aliphatic heterocycles. The summed E-state index contributed by atoms with van der Waals surface area (Å²) in [4.78, 5) is 36.0. The van der Waals surface area contributed by atoms with Crippen LogP contribution in [0.1, 0.15) is 41.5 Å². The van der Waals surface area contributed by atoms with Gasteiger partial charge in [0.05, 0.1) is 30.2 Å². The predicted octanol–water partition coefficient (Wildman–Crippen LogP) is 2.35. The molecule has 0 aliphatic rings. The molecule has 0 heterocycles. The van der Waals surface area contributed by atoms with Gasteiger partial charge in [-0.05, 0) is 63.2 Å². The van der Waals surface area contributed by atoms with Crippen molar-refractivity contribution in [2.24, 2.45) is 0 Å². The lowest BCUT2D eigenvalue weighted by atomic mass is 10.1. The van der Waals surface area contributed by atoms with Crippen LogP contribution in [0.15, 0.2) is 47.4 Å². The average Bonchev–Trinajstić information content (AvgIpc) is 2.75. The molecule has 0 aromatic heterocycles. The third-order valence-electron chi connectivity index (χ3n) is 4.00. The van der Waals surface area contributed by atoms with Crippen molar-refractivity contribution in [2.45, 2.75) is 31.2 Å². The summed E-state index contributed by atoms with van der Waals surface area (Å²) in [6.07, 6.45) is 0. The molecule has 11 heteroatoms. The number of esters is 2. The van der Waals surface area contributed by atoms with E-state index in [0.29, 0.717) is 0 Å². The van der Waals surface area contributed by atoms with Crippen molar-refractivity contribution >= 4 is 33.6 Å². The summed E-state index contributed by atoms with van der Waals surface area (Å²) >= 11 is 0. The Balaban J connectivity index is 2.07. The molecule has 2 aromatic carbocycles. The van der Waals surface area contributed by atoms with E-state index in [1.165, 1.54) is 56.7 Å². The Morgan fingerprint density at radius 2 is 1.39 bits per heavy atom. The lowest BCUT2D eigenvalue weighted by Crippen LogP contribution is -2.40. The summed E-state index contributed by atoms with van der Waals surface area (Å²) in [6, 6.07) is 9.56. The summed E-state index contributed by atoms with van der Waals surface area (Å²) in [5.41, 5.74) is -0.360. The molecule has 0 radical (unpaired) electrons. The smallest absolute Gasteiger partial charge is 0.337 e. The van der Waals surface area contributed by atoms with Crippen molar-refractivity contribution in [2.75, 3.05) is 26.1 Å². The van der Waals surface area contributed by atoms with Gasteiger partial charge in [-0.25, -0.2) is 22.7 Å². The monoisotopic (exact) mass is 478 g/mol. The van der Waals surface area contributed by atoms with Crippen LogP contribution in [0.25, 0.3) is 0 Å². The van der Waals surface area contributed by atoms with Gasteiger partial charge >= 0.3 is 11.9 Å². The summed E-state index contributed by atoms with van der Waals surface area (Å²) < 4.78 is 41.9. The van der Waals surface area contributed by atoms with E-state index in [0.717, 1.165) is 0 Å². The van der Waals surface area contributed by atoms with E-state index in [2.05, 4.69) is 19.5 Å². The third-order valence-corrected chi connectivity index (χ3v) is 5.78. The van der Waals surface area contributed by atoms with Gasteiger partial charge in [-0.3, -0.25) is 4.79 Å². The van der Waals surface area contributed by atoms with Crippen molar-refractivity contribution in [3.05, 3.63) is 53.6 Å². The zero-order chi connectivity index (χ0) is 24.8. The van der Waals surface area contributed by atoms with Gasteiger partial charge in [0.25, 0.3) is 5.91 Å². The number of carbonyl (C=O) groups is 3. The summed E-state index contributed by atoms with van der Waals surface area (Å²) in [5, 5.41) is 2.53. The maximum absolute atomic E-state index is 12.3. The number of hydrogen-bond acceptors (Lipinski definition) is 8. The van der Waals surface area contributed by atoms with Crippen LogP contribution in [0.3, 0.4) is 0 Å². The SMILES string of the molecule is COC(=O)c1cc(NC(=O)COc2ccc(S(=O)(=O)NC(C)(C)C)cc2)cc(C(=O)OC)c1. The molecule has 1 amide bonds. The van der Waals surface area contributed by atoms with E-state index in [1.54, 1.807) is 20.8 Å². The largest absolute Gasteiger partial charge is 0.484 e. The first kappa shape index (κ1) is 25.8. The van der Waals surface area contributed by atoms with Gasteiger partial charge in [0, 0.05) is 11.2 Å². The Bertz CT molecular complexity index is 1100. The molecule has 178 valence electrons. The summed E-state index contributed by atoms with van der Waals surface area (Å²) in [7, 11) is -1.32. The number of methoxy groups -OCH3 is 2. The Kier molecular flexibility index (Phi) is 8.18. The topological polar surface area (TPSA) is 137 Å². The normalized spacial score (nSPS) is 11.4. The first-order valence-corrected chi connectivity index (χ1v) is 11.2. The zero-order valence-electron chi connectivity index (χ0n) is 18.9. The second kappa shape index (κ2) is 10.5. The first-order valence-electron chi connectivity index (χ1n) is 9.73. The molecule has 0 atom stereocenters. The molecular weight excluding hydrogens is 452 g/mol. The fourth-order valence-electron chi connectivity index (χ4n) is 2.69. The number of anilines is 1. The van der Waals surface area contributed by atoms with E-state index < -0.39 is 40.0 Å². The second-order valence-electron chi connectivity index (χ2n) is 7.95. The minimum absolute atomic E-state index is 0.0530. The van der Waals surface area contributed by atoms with E-state index in [4.69, 9.17) is 4.74 Å². The zero-order valence-corrected chi connectivity index (χ0v) is 19.7. The van der Waals surface area contributed by atoms with Crippen LogP contribution >= 0.6 is 0 Å². The fraction of sp³-hybridized carbons (Fsp3) is 0.318. The molecule has 0 bridgehead atoms. The van der Waals surface area contributed by atoms with E-state index in [-0.39, 0.29) is 27.5 Å². The Hall–Kier alpha value is -3.44. The Morgan fingerprint density at radius 3 is 1.85 bits per heavy atom. The van der Waals surface area contributed by atoms with Crippen LogP contribution in [0.2, 0.25) is 0 Å². The standard InChI is InChI=1S/C22H26N2O8S/c1-22(2,3)24-33(28,29)18-8-6-17(7-9-18)32-13-19(25)23-16-11-14(20(26)30-4)10-15(12-16)21(27)31-5/h6-12,24H,13H2,1-5H3,(H,23,25). The number of benzene rings is 2. The molecule has 0 saturated carbocycles. The lowest BCUT2D eigenvalue weighted by Gasteiger charge is -2.20. The number of nitrogens with one attached hydrogen (secondary N) is 2. The molecule has 2 rings (SSSR count). The van der Waals surface area contributed by atoms with Gasteiger partial charge in [0.2, 0.25) is 10.0 Å². The number of amides is 1. The number of carbonyl (C=O) groups excluding carboxylic acids is 3. The minimum atomic E-state index is -3.69. The quantitative estimate of drug-likeness (QED) is 0.552. The second-order valence-corrected chi connectivity index (χ2v) is 9.63. The molecule has 2 aromatic rings. The van der Waals surface area contributed by atoms with Gasteiger partial charge in [0.15, 0.2) is 6.61 Å². The molecule has 10 nitrogen and oxygen atoms in total. The maximum Gasteiger partial charge on any atom is 0.337 e. The van der Waals surface area contributed by atoms with Crippen molar-refractivity contribution in [1.29, 1.82) is 0 Å². The van der Waals surface area contributed by atoms with Crippen LogP contribution in [0, 0.1) is 0 Å². The maximum atomic E-state index is 12.3. The molecule has 2 N–H and O–H groups in total. The predicted molar refractivity (Wildman–Crippen MR) is 120 cm³/mol. The molecule has 33 heavy (non-hydrogen) atoms. The highest BCUT2D eigenvalue weighted by atomic mass is 32.2. The van der Waals surface area contributed by atoms with Gasteiger partial charge < -0.3 is 19.5 Å². The van der Waals surface area contributed by atoms with Gasteiger partial charge in [-0.2, -0.15) is 0 Å². The van der Waals surface area contributed by atoms with Crippen molar-refractivity contribution < 1.29 is 37.0 Å². The van der Waals surface area contributed by atoms with Crippen molar-refractivity contribution in [1.82, 2.24) is 4.72 Å². The van der Waals surface area contributed by atoms with Gasteiger partial charge in [-0.1, -0.05) is 0 Å². The highest BCUT2D eigenvalue weighted by Crippen LogP contribution is 2.19. The van der Waals surface area contributed by atoms with Crippen molar-refractivity contribution in [3.63, 3.8) is 0 Å². The third kappa shape index (κ3) is 7.58. The number of sulfonamides is 1. The molecule has 0 aliphatic carbocycles. The number of rotatable bonds is 8. The van der Waals surface area contributed by atoms with Gasteiger partial charge in [0.1, 0.15) is 5.75 Å². The highest BCUT2D eigenvalue weighted by Gasteiger charge is 2.22. The fourth-order valence-corrected chi connectivity index (χ4v) is 4.11. The summed E-state index contributed by atoms with van der Waals surface area (Å²) in [6.45, 7) is 4.79. The highest BCUT2D eigenvalue weighted by molar-refractivity contribution is 7.89. The van der Waals surface area contributed by atoms with Crippen LogP contribution in [0.4, 0.5) is 5.69 Å². The Morgan fingerprint density at radius 1 is 0.879 bits per heavy atom. The molecule has 0 saturated heterocycles. The van der Waals surface area contributed by atoms with Gasteiger partial charge in [-0.15, -0.1) is 0 Å². The van der Waals surface area contributed by atoms with E-state index in [1.807, 2.05) is 0 Å². The number of hydrogen-bond donors (Lipinski definition) is 2. The van der Waals surface area contributed by atoms with Crippen LogP contribution in [0.5, 0.6) is 5.75 Å².